The fraction of sp³-hybridized carbons (Fsp3) is 0.316. The first kappa shape index (κ1) is 15.5. The zero-order valence-corrected chi connectivity index (χ0v) is 14.1. The lowest BCUT2D eigenvalue weighted by atomic mass is 9.91. The first-order chi connectivity index (χ1) is 11.7. The number of nitrogens with one attached hydrogen (secondary N) is 2. The van der Waals surface area contributed by atoms with E-state index < -0.39 is 0 Å². The first-order valence-electron chi connectivity index (χ1n) is 8.38. The van der Waals surface area contributed by atoms with Crippen molar-refractivity contribution in [3.8, 4) is 0 Å². The van der Waals surface area contributed by atoms with E-state index in [0.717, 1.165) is 42.7 Å². The Hall–Kier alpha value is -2.04. The Morgan fingerprint density at radius 2 is 1.71 bits per heavy atom. The van der Waals surface area contributed by atoms with E-state index in [1.54, 1.807) is 0 Å². The Morgan fingerprint density at radius 1 is 1.00 bits per heavy atom. The van der Waals surface area contributed by atoms with E-state index >= 15 is 0 Å². The van der Waals surface area contributed by atoms with Crippen LogP contribution >= 0.6 is 11.6 Å². The van der Waals surface area contributed by atoms with Gasteiger partial charge in [0, 0.05) is 22.3 Å². The van der Waals surface area contributed by atoms with Crippen LogP contribution in [0.3, 0.4) is 0 Å². The summed E-state index contributed by atoms with van der Waals surface area (Å²) < 4.78 is 0. The molecule has 0 aromatic heterocycles. The normalized spacial score (nSPS) is 21.3. The number of amides is 2. The number of urea groups is 1. The summed E-state index contributed by atoms with van der Waals surface area (Å²) in [5, 5.41) is 7.14. The number of para-hydroxylation sites is 1. The van der Waals surface area contributed by atoms with E-state index in [4.69, 9.17) is 11.6 Å². The van der Waals surface area contributed by atoms with Crippen molar-refractivity contribution in [1.29, 1.82) is 0 Å². The third-order valence-electron chi connectivity index (χ3n) is 4.90. The van der Waals surface area contributed by atoms with Crippen molar-refractivity contribution in [2.75, 3.05) is 18.4 Å². The second-order valence-corrected chi connectivity index (χ2v) is 6.80. The van der Waals surface area contributed by atoms with E-state index in [9.17, 15) is 4.79 Å². The summed E-state index contributed by atoms with van der Waals surface area (Å²) in [5.41, 5.74) is 3.13. The molecule has 1 fully saturated rings. The van der Waals surface area contributed by atoms with Gasteiger partial charge in [-0.05, 0) is 49.7 Å². The van der Waals surface area contributed by atoms with Crippen LogP contribution in [0, 0.1) is 0 Å². The van der Waals surface area contributed by atoms with Gasteiger partial charge in [-0.3, -0.25) is 0 Å². The minimum atomic E-state index is -0.0738. The van der Waals surface area contributed by atoms with Crippen LogP contribution in [0.25, 0.3) is 0 Å². The molecule has 5 heteroatoms. The molecule has 0 saturated carbocycles. The van der Waals surface area contributed by atoms with Gasteiger partial charge in [-0.15, -0.1) is 0 Å². The molecule has 2 amide bonds. The maximum atomic E-state index is 12.9. The zero-order valence-electron chi connectivity index (χ0n) is 13.3. The Labute approximate surface area is 146 Å². The van der Waals surface area contributed by atoms with Gasteiger partial charge in [0.15, 0.2) is 0 Å². The highest BCUT2D eigenvalue weighted by molar-refractivity contribution is 6.30. The minimum absolute atomic E-state index is 0.0134. The summed E-state index contributed by atoms with van der Waals surface area (Å²) in [7, 11) is 0. The molecule has 2 N–H and O–H groups in total. The molecule has 2 aliphatic rings. The molecule has 2 heterocycles. The molecule has 2 aliphatic heterocycles. The summed E-state index contributed by atoms with van der Waals surface area (Å²) in [6, 6.07) is 16.0. The van der Waals surface area contributed by atoms with E-state index in [2.05, 4.69) is 16.7 Å². The van der Waals surface area contributed by atoms with E-state index in [0.29, 0.717) is 5.02 Å². The molecule has 0 aliphatic carbocycles. The number of benzene rings is 2. The predicted molar refractivity (Wildman–Crippen MR) is 96.5 cm³/mol. The number of carbonyl (C=O) groups excluding carboxylic acids is 1. The standard InChI is InChI=1S/C19H20ClN3O/c20-14-7-5-13(6-8-14)18-16-3-1-2-4-17(16)22-19(24)23(18)15-9-11-21-12-10-15/h1-8,15,18,21H,9-12H2,(H,22,24). The van der Waals surface area contributed by atoms with Gasteiger partial charge in [0.2, 0.25) is 0 Å². The van der Waals surface area contributed by atoms with Gasteiger partial charge in [-0.25, -0.2) is 4.79 Å². The van der Waals surface area contributed by atoms with E-state index in [1.807, 2.05) is 47.4 Å². The number of hydrogen-bond acceptors (Lipinski definition) is 2. The molecule has 24 heavy (non-hydrogen) atoms. The SMILES string of the molecule is O=C1Nc2ccccc2C(c2ccc(Cl)cc2)N1C1CCNCC1. The quantitative estimate of drug-likeness (QED) is 0.866. The van der Waals surface area contributed by atoms with Crippen molar-refractivity contribution in [2.45, 2.75) is 24.9 Å². The van der Waals surface area contributed by atoms with Crippen molar-refractivity contribution in [3.63, 3.8) is 0 Å². The largest absolute Gasteiger partial charge is 0.322 e. The van der Waals surface area contributed by atoms with Gasteiger partial charge >= 0.3 is 6.03 Å². The Balaban J connectivity index is 1.81. The number of anilines is 1. The lowest BCUT2D eigenvalue weighted by Gasteiger charge is -2.44. The highest BCUT2D eigenvalue weighted by Gasteiger charge is 2.38. The summed E-state index contributed by atoms with van der Waals surface area (Å²) in [4.78, 5) is 14.9. The number of halogens is 1. The Bertz CT molecular complexity index is 741. The molecule has 4 nitrogen and oxygen atoms in total. The highest BCUT2D eigenvalue weighted by atomic mass is 35.5. The molecule has 2 aromatic rings. The Morgan fingerprint density at radius 3 is 2.46 bits per heavy atom. The number of piperidine rings is 1. The van der Waals surface area contributed by atoms with Crippen LogP contribution in [0.1, 0.15) is 30.0 Å². The summed E-state index contributed by atoms with van der Waals surface area (Å²) in [5.74, 6) is 0. The number of fused-ring (bicyclic) bond motifs is 1. The number of hydrogen-bond donors (Lipinski definition) is 2. The molecule has 2 aromatic carbocycles. The molecule has 4 rings (SSSR count). The molecular formula is C19H20ClN3O. The maximum Gasteiger partial charge on any atom is 0.322 e. The molecular weight excluding hydrogens is 322 g/mol. The van der Waals surface area contributed by atoms with Gasteiger partial charge in [-0.1, -0.05) is 41.9 Å². The summed E-state index contributed by atoms with van der Waals surface area (Å²) in [6.45, 7) is 1.90. The molecule has 0 spiro atoms. The lowest BCUT2D eigenvalue weighted by Crippen LogP contribution is -2.51. The molecule has 1 saturated heterocycles. The minimum Gasteiger partial charge on any atom is -0.317 e. The van der Waals surface area contributed by atoms with Crippen LogP contribution in [0.4, 0.5) is 10.5 Å². The lowest BCUT2D eigenvalue weighted by molar-refractivity contribution is 0.147. The van der Waals surface area contributed by atoms with E-state index in [1.165, 1.54) is 0 Å². The third kappa shape index (κ3) is 2.76. The second-order valence-electron chi connectivity index (χ2n) is 6.36. The second kappa shape index (κ2) is 6.46. The third-order valence-corrected chi connectivity index (χ3v) is 5.15. The average molecular weight is 342 g/mol. The number of carbonyl (C=O) groups is 1. The van der Waals surface area contributed by atoms with Gasteiger partial charge in [0.1, 0.15) is 0 Å². The predicted octanol–water partition coefficient (Wildman–Crippen LogP) is 4.03. The number of nitrogens with zero attached hydrogens (tertiary/aromatic N) is 1. The number of rotatable bonds is 2. The topological polar surface area (TPSA) is 44.4 Å². The summed E-state index contributed by atoms with van der Waals surface area (Å²) in [6.07, 6.45) is 1.94. The molecule has 1 unspecified atom stereocenters. The van der Waals surface area contributed by atoms with Crippen molar-refractivity contribution in [2.24, 2.45) is 0 Å². The van der Waals surface area contributed by atoms with Gasteiger partial charge in [0.05, 0.1) is 6.04 Å². The van der Waals surface area contributed by atoms with Crippen LogP contribution in [0.5, 0.6) is 0 Å². The van der Waals surface area contributed by atoms with Gasteiger partial charge in [-0.2, -0.15) is 0 Å². The fourth-order valence-electron chi connectivity index (χ4n) is 3.74. The molecule has 124 valence electrons. The first-order valence-corrected chi connectivity index (χ1v) is 8.76. The monoisotopic (exact) mass is 341 g/mol. The Kier molecular flexibility index (Phi) is 4.17. The maximum absolute atomic E-state index is 12.9. The van der Waals surface area contributed by atoms with Crippen LogP contribution in [0.15, 0.2) is 48.5 Å². The van der Waals surface area contributed by atoms with Crippen LogP contribution in [-0.2, 0) is 0 Å². The van der Waals surface area contributed by atoms with Crippen LogP contribution in [-0.4, -0.2) is 30.1 Å². The zero-order chi connectivity index (χ0) is 16.5. The van der Waals surface area contributed by atoms with Crippen molar-refractivity contribution in [3.05, 3.63) is 64.7 Å². The van der Waals surface area contributed by atoms with Crippen LogP contribution < -0.4 is 10.6 Å². The van der Waals surface area contributed by atoms with Crippen molar-refractivity contribution < 1.29 is 4.79 Å². The highest BCUT2D eigenvalue weighted by Crippen LogP contribution is 2.40. The smallest absolute Gasteiger partial charge is 0.317 e. The summed E-state index contributed by atoms with van der Waals surface area (Å²) >= 11 is 6.06. The van der Waals surface area contributed by atoms with E-state index in [-0.39, 0.29) is 18.1 Å². The average Bonchev–Trinajstić information content (AvgIpc) is 2.62. The van der Waals surface area contributed by atoms with Gasteiger partial charge < -0.3 is 15.5 Å². The molecule has 0 radical (unpaired) electrons. The van der Waals surface area contributed by atoms with Crippen LogP contribution in [0.2, 0.25) is 5.02 Å². The van der Waals surface area contributed by atoms with Crippen molar-refractivity contribution >= 4 is 23.3 Å². The molecule has 0 bridgehead atoms. The fourth-order valence-corrected chi connectivity index (χ4v) is 3.87. The van der Waals surface area contributed by atoms with Gasteiger partial charge in [0.25, 0.3) is 0 Å². The molecule has 1 atom stereocenters. The van der Waals surface area contributed by atoms with Crippen molar-refractivity contribution in [1.82, 2.24) is 10.2 Å².